The third kappa shape index (κ3) is 3.16. The normalized spacial score (nSPS) is 20.5. The van der Waals surface area contributed by atoms with Gasteiger partial charge >= 0.3 is 0 Å². The minimum Gasteiger partial charge on any atom is -0.507 e. The summed E-state index contributed by atoms with van der Waals surface area (Å²) >= 11 is 0. The van der Waals surface area contributed by atoms with Crippen molar-refractivity contribution in [1.82, 2.24) is 9.97 Å². The summed E-state index contributed by atoms with van der Waals surface area (Å²) < 4.78 is 0. The Morgan fingerprint density at radius 3 is 2.56 bits per heavy atom. The second-order valence-electron chi connectivity index (χ2n) is 6.94. The van der Waals surface area contributed by atoms with Gasteiger partial charge in [-0.3, -0.25) is 0 Å². The molecule has 1 aromatic heterocycles. The molecule has 1 saturated carbocycles. The number of nitrogens with one attached hydrogen (secondary N) is 1. The average Bonchev–Trinajstić information content (AvgIpc) is 2.64. The number of benzene rings is 2. The van der Waals surface area contributed by atoms with Gasteiger partial charge < -0.3 is 10.4 Å². The summed E-state index contributed by atoms with van der Waals surface area (Å²) in [4.78, 5) is 9.45. The molecule has 25 heavy (non-hydrogen) atoms. The lowest BCUT2D eigenvalue weighted by atomic mass is 9.86. The summed E-state index contributed by atoms with van der Waals surface area (Å²) in [6, 6.07) is 15.7. The van der Waals surface area contributed by atoms with Crippen LogP contribution in [0.4, 0.5) is 5.82 Å². The maximum atomic E-state index is 10.2. The van der Waals surface area contributed by atoms with Crippen molar-refractivity contribution in [2.45, 2.75) is 38.6 Å². The zero-order valence-electron chi connectivity index (χ0n) is 14.4. The van der Waals surface area contributed by atoms with Crippen LogP contribution in [0.1, 0.15) is 32.6 Å². The topological polar surface area (TPSA) is 58.0 Å². The Bertz CT molecular complexity index is 893. The number of aromatic nitrogens is 2. The fourth-order valence-electron chi connectivity index (χ4n) is 3.68. The van der Waals surface area contributed by atoms with E-state index in [1.807, 2.05) is 36.4 Å². The van der Waals surface area contributed by atoms with Gasteiger partial charge in [0, 0.05) is 11.4 Å². The molecule has 0 spiro atoms. The molecule has 4 rings (SSSR count). The van der Waals surface area contributed by atoms with Crippen molar-refractivity contribution in [2.24, 2.45) is 5.92 Å². The van der Waals surface area contributed by atoms with E-state index in [2.05, 4.69) is 23.3 Å². The third-order valence-corrected chi connectivity index (χ3v) is 5.18. The smallest absolute Gasteiger partial charge is 0.165 e. The Morgan fingerprint density at radius 1 is 0.960 bits per heavy atom. The van der Waals surface area contributed by atoms with Gasteiger partial charge in [-0.05, 0) is 43.0 Å². The van der Waals surface area contributed by atoms with Crippen molar-refractivity contribution < 1.29 is 5.11 Å². The van der Waals surface area contributed by atoms with E-state index in [9.17, 15) is 5.11 Å². The van der Waals surface area contributed by atoms with Crippen LogP contribution < -0.4 is 5.32 Å². The average molecular weight is 333 g/mol. The second-order valence-corrected chi connectivity index (χ2v) is 6.94. The molecule has 2 aromatic carbocycles. The minimum atomic E-state index is 0.203. The number of aromatic hydroxyl groups is 1. The molecule has 1 heterocycles. The van der Waals surface area contributed by atoms with E-state index in [0.717, 1.165) is 16.7 Å². The molecule has 0 aliphatic heterocycles. The van der Waals surface area contributed by atoms with Crippen molar-refractivity contribution in [3.63, 3.8) is 0 Å². The highest BCUT2D eigenvalue weighted by Gasteiger charge is 2.22. The number of fused-ring (bicyclic) bond motifs is 1. The zero-order chi connectivity index (χ0) is 17.2. The molecule has 1 aliphatic rings. The summed E-state index contributed by atoms with van der Waals surface area (Å²) in [7, 11) is 0. The summed E-state index contributed by atoms with van der Waals surface area (Å²) in [6.45, 7) is 2.31. The Hall–Kier alpha value is -2.62. The number of hydrogen-bond acceptors (Lipinski definition) is 4. The fourth-order valence-corrected chi connectivity index (χ4v) is 3.68. The molecular weight excluding hydrogens is 310 g/mol. The predicted octanol–water partition coefficient (Wildman–Crippen LogP) is 4.99. The Balaban J connectivity index is 1.80. The van der Waals surface area contributed by atoms with Crippen molar-refractivity contribution in [1.29, 1.82) is 0 Å². The van der Waals surface area contributed by atoms with Crippen molar-refractivity contribution in [2.75, 3.05) is 5.32 Å². The van der Waals surface area contributed by atoms with Crippen LogP contribution in [0.3, 0.4) is 0 Å². The monoisotopic (exact) mass is 333 g/mol. The van der Waals surface area contributed by atoms with E-state index >= 15 is 0 Å². The van der Waals surface area contributed by atoms with Crippen LogP contribution in [0.15, 0.2) is 48.5 Å². The molecular formula is C21H23N3O. The predicted molar refractivity (Wildman–Crippen MR) is 102 cm³/mol. The molecule has 1 aliphatic carbocycles. The van der Waals surface area contributed by atoms with Crippen LogP contribution in [0.5, 0.6) is 5.75 Å². The van der Waals surface area contributed by atoms with Gasteiger partial charge in [-0.25, -0.2) is 9.97 Å². The molecule has 2 atom stereocenters. The zero-order valence-corrected chi connectivity index (χ0v) is 14.4. The standard InChI is InChI=1S/C21H23N3O/c1-14-8-2-5-11-17(14)22-20-15-9-3-6-12-18(15)23-21(24-20)16-10-4-7-13-19(16)25/h3-4,6-7,9-10,12-14,17,25H,2,5,8,11H2,1H3,(H,22,23,24)/t14-,17+/m1/s1. The molecule has 0 amide bonds. The van der Waals surface area contributed by atoms with Crippen LogP contribution >= 0.6 is 0 Å². The van der Waals surface area contributed by atoms with Crippen LogP contribution in [0, 0.1) is 5.92 Å². The quantitative estimate of drug-likeness (QED) is 0.709. The van der Waals surface area contributed by atoms with Crippen molar-refractivity contribution >= 4 is 16.7 Å². The van der Waals surface area contributed by atoms with Crippen molar-refractivity contribution in [3.8, 4) is 17.1 Å². The van der Waals surface area contributed by atoms with Crippen LogP contribution in [-0.2, 0) is 0 Å². The van der Waals surface area contributed by atoms with Gasteiger partial charge in [-0.1, -0.05) is 44.0 Å². The van der Waals surface area contributed by atoms with Gasteiger partial charge in [0.1, 0.15) is 11.6 Å². The van der Waals surface area contributed by atoms with E-state index in [-0.39, 0.29) is 5.75 Å². The Kier molecular flexibility index (Phi) is 4.26. The third-order valence-electron chi connectivity index (χ3n) is 5.18. The van der Waals surface area contributed by atoms with E-state index in [0.29, 0.717) is 23.3 Å². The van der Waals surface area contributed by atoms with E-state index in [1.165, 1.54) is 25.7 Å². The molecule has 4 nitrogen and oxygen atoms in total. The van der Waals surface area contributed by atoms with Crippen LogP contribution in [0.2, 0.25) is 0 Å². The number of phenolic OH excluding ortho intramolecular Hbond substituents is 1. The lowest BCUT2D eigenvalue weighted by molar-refractivity contribution is 0.349. The minimum absolute atomic E-state index is 0.203. The molecule has 3 aromatic rings. The lowest BCUT2D eigenvalue weighted by Crippen LogP contribution is -2.30. The van der Waals surface area contributed by atoms with E-state index in [4.69, 9.17) is 4.98 Å². The van der Waals surface area contributed by atoms with E-state index in [1.54, 1.807) is 6.07 Å². The molecule has 0 bridgehead atoms. The number of para-hydroxylation sites is 2. The molecule has 0 unspecified atom stereocenters. The number of anilines is 1. The largest absolute Gasteiger partial charge is 0.507 e. The second kappa shape index (κ2) is 6.71. The fraction of sp³-hybridized carbons (Fsp3) is 0.333. The Labute approximate surface area is 148 Å². The number of rotatable bonds is 3. The first-order valence-electron chi connectivity index (χ1n) is 9.04. The van der Waals surface area contributed by atoms with Gasteiger partial charge in [0.15, 0.2) is 5.82 Å². The first-order valence-corrected chi connectivity index (χ1v) is 9.04. The van der Waals surface area contributed by atoms with Gasteiger partial charge in [0.2, 0.25) is 0 Å². The highest BCUT2D eigenvalue weighted by Crippen LogP contribution is 2.32. The highest BCUT2D eigenvalue weighted by atomic mass is 16.3. The van der Waals surface area contributed by atoms with Gasteiger partial charge in [0.05, 0.1) is 11.1 Å². The molecule has 128 valence electrons. The number of nitrogens with zero attached hydrogens (tertiary/aromatic N) is 2. The summed E-state index contributed by atoms with van der Waals surface area (Å²) in [6.07, 6.45) is 5.00. The van der Waals surface area contributed by atoms with Gasteiger partial charge in [-0.2, -0.15) is 0 Å². The highest BCUT2D eigenvalue weighted by molar-refractivity contribution is 5.91. The molecule has 2 N–H and O–H groups in total. The number of hydrogen-bond donors (Lipinski definition) is 2. The molecule has 1 fully saturated rings. The van der Waals surface area contributed by atoms with Gasteiger partial charge in [-0.15, -0.1) is 0 Å². The van der Waals surface area contributed by atoms with Crippen LogP contribution in [0.25, 0.3) is 22.3 Å². The molecule has 4 heteroatoms. The first kappa shape index (κ1) is 15.9. The summed E-state index contributed by atoms with van der Waals surface area (Å²) in [5, 5.41) is 14.9. The summed E-state index contributed by atoms with van der Waals surface area (Å²) in [5.74, 6) is 2.26. The SMILES string of the molecule is C[C@@H]1CCCC[C@@H]1Nc1nc(-c2ccccc2O)nc2ccccc12. The maximum Gasteiger partial charge on any atom is 0.165 e. The van der Waals surface area contributed by atoms with Crippen molar-refractivity contribution in [3.05, 3.63) is 48.5 Å². The van der Waals surface area contributed by atoms with Gasteiger partial charge in [0.25, 0.3) is 0 Å². The number of phenols is 1. The van der Waals surface area contributed by atoms with Crippen LogP contribution in [-0.4, -0.2) is 21.1 Å². The molecule has 0 saturated heterocycles. The Morgan fingerprint density at radius 2 is 1.72 bits per heavy atom. The summed E-state index contributed by atoms with van der Waals surface area (Å²) in [5.41, 5.74) is 1.55. The first-order chi connectivity index (χ1) is 12.2. The lowest BCUT2D eigenvalue weighted by Gasteiger charge is -2.30. The maximum absolute atomic E-state index is 10.2. The molecule has 0 radical (unpaired) electrons. The van der Waals surface area contributed by atoms with E-state index < -0.39 is 0 Å².